The van der Waals surface area contributed by atoms with E-state index < -0.39 is 6.03 Å². The standard InChI is InChI=1S/C5H10N6O/c1-3(7-5(6)12)4-8-9-10-11(4)2/h3H,1-2H3,(H3,6,7,12). The van der Waals surface area contributed by atoms with Crippen LogP contribution in [0.2, 0.25) is 0 Å². The van der Waals surface area contributed by atoms with Crippen molar-refractivity contribution >= 4 is 6.03 Å². The molecule has 0 fully saturated rings. The van der Waals surface area contributed by atoms with Gasteiger partial charge in [0.05, 0.1) is 6.04 Å². The molecular formula is C5H10N6O. The number of hydrogen-bond donors (Lipinski definition) is 2. The minimum absolute atomic E-state index is 0.275. The Hall–Kier alpha value is -1.66. The molecule has 0 radical (unpaired) electrons. The molecule has 1 heterocycles. The van der Waals surface area contributed by atoms with Gasteiger partial charge in [0.2, 0.25) is 0 Å². The second-order valence-corrected chi connectivity index (χ2v) is 2.39. The van der Waals surface area contributed by atoms with Crippen LogP contribution in [0.4, 0.5) is 4.79 Å². The number of amides is 2. The van der Waals surface area contributed by atoms with Crippen molar-refractivity contribution in [1.29, 1.82) is 0 Å². The first-order chi connectivity index (χ1) is 5.61. The van der Waals surface area contributed by atoms with E-state index in [0.29, 0.717) is 5.82 Å². The summed E-state index contributed by atoms with van der Waals surface area (Å²) in [7, 11) is 1.69. The van der Waals surface area contributed by atoms with E-state index >= 15 is 0 Å². The van der Waals surface area contributed by atoms with Crippen LogP contribution in [0.5, 0.6) is 0 Å². The largest absolute Gasteiger partial charge is 0.352 e. The van der Waals surface area contributed by atoms with Crippen molar-refractivity contribution in [3.8, 4) is 0 Å². The molecule has 1 unspecified atom stereocenters. The van der Waals surface area contributed by atoms with Crippen molar-refractivity contribution in [2.45, 2.75) is 13.0 Å². The number of carbonyl (C=O) groups is 1. The highest BCUT2D eigenvalue weighted by molar-refractivity contribution is 5.71. The molecule has 0 spiro atoms. The average molecular weight is 170 g/mol. The summed E-state index contributed by atoms with van der Waals surface area (Å²) in [5.74, 6) is 0.564. The molecular weight excluding hydrogens is 160 g/mol. The number of hydrogen-bond acceptors (Lipinski definition) is 4. The molecule has 1 aromatic heterocycles. The van der Waals surface area contributed by atoms with Gasteiger partial charge in [-0.25, -0.2) is 9.48 Å². The van der Waals surface area contributed by atoms with E-state index in [-0.39, 0.29) is 6.04 Å². The maximum atomic E-state index is 10.4. The van der Waals surface area contributed by atoms with E-state index in [9.17, 15) is 4.79 Å². The van der Waals surface area contributed by atoms with Crippen LogP contribution in [0.15, 0.2) is 0 Å². The summed E-state index contributed by atoms with van der Waals surface area (Å²) in [6.07, 6.45) is 0. The van der Waals surface area contributed by atoms with Crippen LogP contribution in [0, 0.1) is 0 Å². The number of aromatic nitrogens is 4. The molecule has 0 saturated carbocycles. The van der Waals surface area contributed by atoms with Gasteiger partial charge in [0, 0.05) is 7.05 Å². The molecule has 7 nitrogen and oxygen atoms in total. The number of primary amides is 1. The number of aryl methyl sites for hydroxylation is 1. The Balaban J connectivity index is 2.71. The van der Waals surface area contributed by atoms with E-state index in [1.165, 1.54) is 4.68 Å². The predicted octanol–water partition coefficient (Wildman–Crippen LogP) is -1.06. The van der Waals surface area contributed by atoms with E-state index in [1.54, 1.807) is 14.0 Å². The van der Waals surface area contributed by atoms with Crippen LogP contribution >= 0.6 is 0 Å². The van der Waals surface area contributed by atoms with Gasteiger partial charge in [-0.05, 0) is 17.4 Å². The minimum atomic E-state index is -0.592. The number of carbonyl (C=O) groups excluding carboxylic acids is 1. The molecule has 0 bridgehead atoms. The molecule has 0 aromatic carbocycles. The Morgan fingerprint density at radius 3 is 2.83 bits per heavy atom. The highest BCUT2D eigenvalue weighted by Crippen LogP contribution is 2.04. The minimum Gasteiger partial charge on any atom is -0.352 e. The van der Waals surface area contributed by atoms with Crippen LogP contribution in [0.3, 0.4) is 0 Å². The summed E-state index contributed by atoms with van der Waals surface area (Å²) in [5.41, 5.74) is 4.92. The summed E-state index contributed by atoms with van der Waals surface area (Å²) in [6.45, 7) is 1.75. The predicted molar refractivity (Wildman–Crippen MR) is 39.9 cm³/mol. The lowest BCUT2D eigenvalue weighted by Gasteiger charge is -2.08. The van der Waals surface area contributed by atoms with Gasteiger partial charge in [0.25, 0.3) is 0 Å². The molecule has 3 N–H and O–H groups in total. The first-order valence-electron chi connectivity index (χ1n) is 3.39. The number of urea groups is 1. The first kappa shape index (κ1) is 8.44. The van der Waals surface area contributed by atoms with Gasteiger partial charge in [0.15, 0.2) is 5.82 Å². The molecule has 0 saturated heterocycles. The summed E-state index contributed by atoms with van der Waals surface area (Å²) in [6, 6.07) is -0.868. The van der Waals surface area contributed by atoms with Crippen LogP contribution in [0.25, 0.3) is 0 Å². The summed E-state index contributed by atoms with van der Waals surface area (Å²) >= 11 is 0. The third-order valence-corrected chi connectivity index (χ3v) is 1.40. The van der Waals surface area contributed by atoms with Crippen LogP contribution in [-0.2, 0) is 7.05 Å². The van der Waals surface area contributed by atoms with Crippen LogP contribution < -0.4 is 11.1 Å². The number of tetrazole rings is 1. The Kier molecular flexibility index (Phi) is 2.22. The van der Waals surface area contributed by atoms with Gasteiger partial charge in [0.1, 0.15) is 0 Å². The topological polar surface area (TPSA) is 98.7 Å². The fraction of sp³-hybridized carbons (Fsp3) is 0.600. The Morgan fingerprint density at radius 2 is 2.42 bits per heavy atom. The number of nitrogens with zero attached hydrogens (tertiary/aromatic N) is 4. The van der Waals surface area contributed by atoms with E-state index in [2.05, 4.69) is 20.8 Å². The van der Waals surface area contributed by atoms with Gasteiger partial charge in [-0.3, -0.25) is 0 Å². The number of nitrogens with one attached hydrogen (secondary N) is 1. The SMILES string of the molecule is CC(NC(N)=O)c1nnnn1C. The Labute approximate surface area is 68.9 Å². The zero-order valence-corrected chi connectivity index (χ0v) is 6.85. The maximum Gasteiger partial charge on any atom is 0.312 e. The summed E-state index contributed by atoms with van der Waals surface area (Å²) in [4.78, 5) is 10.4. The van der Waals surface area contributed by atoms with Crippen molar-refractivity contribution in [1.82, 2.24) is 25.5 Å². The van der Waals surface area contributed by atoms with Crippen LogP contribution in [0.1, 0.15) is 18.8 Å². The third-order valence-electron chi connectivity index (χ3n) is 1.40. The molecule has 0 aliphatic rings. The molecule has 0 aliphatic carbocycles. The zero-order valence-electron chi connectivity index (χ0n) is 6.85. The highest BCUT2D eigenvalue weighted by atomic mass is 16.2. The van der Waals surface area contributed by atoms with E-state index in [4.69, 9.17) is 5.73 Å². The summed E-state index contributed by atoms with van der Waals surface area (Å²) in [5, 5.41) is 13.2. The highest BCUT2D eigenvalue weighted by Gasteiger charge is 2.12. The third kappa shape index (κ3) is 1.68. The smallest absolute Gasteiger partial charge is 0.312 e. The quantitative estimate of drug-likeness (QED) is 0.590. The lowest BCUT2D eigenvalue weighted by atomic mass is 10.3. The molecule has 0 aliphatic heterocycles. The molecule has 66 valence electrons. The Bertz CT molecular complexity index is 281. The maximum absolute atomic E-state index is 10.4. The normalized spacial score (nSPS) is 12.5. The van der Waals surface area contributed by atoms with E-state index in [0.717, 1.165) is 0 Å². The van der Waals surface area contributed by atoms with E-state index in [1.807, 2.05) is 0 Å². The lowest BCUT2D eigenvalue weighted by molar-refractivity contribution is 0.245. The Morgan fingerprint density at radius 1 is 1.75 bits per heavy atom. The van der Waals surface area contributed by atoms with Crippen molar-refractivity contribution in [3.05, 3.63) is 5.82 Å². The van der Waals surface area contributed by atoms with Crippen LogP contribution in [-0.4, -0.2) is 26.2 Å². The molecule has 1 rings (SSSR count). The second-order valence-electron chi connectivity index (χ2n) is 2.39. The van der Waals surface area contributed by atoms with Gasteiger partial charge in [-0.2, -0.15) is 0 Å². The molecule has 2 amide bonds. The number of nitrogens with two attached hydrogens (primary N) is 1. The second kappa shape index (κ2) is 3.16. The van der Waals surface area contributed by atoms with Crippen molar-refractivity contribution in [3.63, 3.8) is 0 Å². The van der Waals surface area contributed by atoms with Crippen molar-refractivity contribution in [2.75, 3.05) is 0 Å². The van der Waals surface area contributed by atoms with Gasteiger partial charge >= 0.3 is 6.03 Å². The van der Waals surface area contributed by atoms with Crippen molar-refractivity contribution < 1.29 is 4.79 Å². The molecule has 7 heteroatoms. The fourth-order valence-corrected chi connectivity index (χ4v) is 0.881. The number of rotatable bonds is 2. The monoisotopic (exact) mass is 170 g/mol. The fourth-order valence-electron chi connectivity index (χ4n) is 0.881. The first-order valence-corrected chi connectivity index (χ1v) is 3.39. The van der Waals surface area contributed by atoms with Gasteiger partial charge in [-0.15, -0.1) is 5.10 Å². The van der Waals surface area contributed by atoms with Crippen molar-refractivity contribution in [2.24, 2.45) is 12.8 Å². The zero-order chi connectivity index (χ0) is 9.14. The van der Waals surface area contributed by atoms with Gasteiger partial charge in [-0.1, -0.05) is 0 Å². The summed E-state index contributed by atoms with van der Waals surface area (Å²) < 4.78 is 1.47. The molecule has 12 heavy (non-hydrogen) atoms. The molecule has 1 atom stereocenters. The average Bonchev–Trinajstić information content (AvgIpc) is 2.33. The lowest BCUT2D eigenvalue weighted by Crippen LogP contribution is -2.33. The molecule has 1 aromatic rings. The van der Waals surface area contributed by atoms with Gasteiger partial charge < -0.3 is 11.1 Å².